The summed E-state index contributed by atoms with van der Waals surface area (Å²) in [6.07, 6.45) is 3.11. The lowest BCUT2D eigenvalue weighted by Gasteiger charge is -2.34. The van der Waals surface area contributed by atoms with Gasteiger partial charge in [-0.2, -0.15) is 9.40 Å². The molecule has 1 aliphatic rings. The molecule has 0 spiro atoms. The summed E-state index contributed by atoms with van der Waals surface area (Å²) in [4.78, 5) is 18.6. The molecule has 1 amide bonds. The Balaban J connectivity index is 1.39. The highest BCUT2D eigenvalue weighted by Crippen LogP contribution is 2.31. The standard InChI is InChI=1S/C22H25N5O5S/c1-31-20-8-7-19(13-21(20)32-2)33(29,30)27-11-9-25(10-12-27)22(28)18-5-3-17(4-6-18)14-26-16-23-15-24-26/h3-8,13,15-16H,9-12,14H2,1-2H3. The van der Waals surface area contributed by atoms with Gasteiger partial charge in [0.05, 0.1) is 25.7 Å². The summed E-state index contributed by atoms with van der Waals surface area (Å²) in [5.41, 5.74) is 1.57. The Morgan fingerprint density at radius 1 is 0.970 bits per heavy atom. The molecular weight excluding hydrogens is 446 g/mol. The molecule has 11 heteroatoms. The van der Waals surface area contributed by atoms with E-state index in [4.69, 9.17) is 9.47 Å². The molecule has 10 nitrogen and oxygen atoms in total. The van der Waals surface area contributed by atoms with Gasteiger partial charge in [-0.05, 0) is 29.8 Å². The normalized spacial score (nSPS) is 14.8. The van der Waals surface area contributed by atoms with E-state index >= 15 is 0 Å². The minimum atomic E-state index is -3.72. The summed E-state index contributed by atoms with van der Waals surface area (Å²) in [5.74, 6) is 0.685. The molecule has 0 N–H and O–H groups in total. The molecule has 2 heterocycles. The molecule has 0 radical (unpaired) electrons. The SMILES string of the molecule is COc1ccc(S(=O)(=O)N2CCN(C(=O)c3ccc(Cn4cncn4)cc3)CC2)cc1OC. The Labute approximate surface area is 192 Å². The van der Waals surface area contributed by atoms with Crippen molar-refractivity contribution in [2.45, 2.75) is 11.4 Å². The van der Waals surface area contributed by atoms with Crippen molar-refractivity contribution < 1.29 is 22.7 Å². The second-order valence-electron chi connectivity index (χ2n) is 7.50. The predicted molar refractivity (Wildman–Crippen MR) is 120 cm³/mol. The first-order valence-corrected chi connectivity index (χ1v) is 11.8. The molecule has 174 valence electrons. The van der Waals surface area contributed by atoms with Gasteiger partial charge in [0.25, 0.3) is 5.91 Å². The molecule has 0 aliphatic carbocycles. The zero-order valence-electron chi connectivity index (χ0n) is 18.4. The van der Waals surface area contributed by atoms with E-state index in [-0.39, 0.29) is 23.9 Å². The highest BCUT2D eigenvalue weighted by atomic mass is 32.2. The van der Waals surface area contributed by atoms with Crippen LogP contribution in [0, 0.1) is 0 Å². The molecule has 33 heavy (non-hydrogen) atoms. The first-order chi connectivity index (χ1) is 15.9. The van der Waals surface area contributed by atoms with Gasteiger partial charge in [0.2, 0.25) is 10.0 Å². The topological polar surface area (TPSA) is 107 Å². The van der Waals surface area contributed by atoms with E-state index in [1.165, 1.54) is 37.0 Å². The van der Waals surface area contributed by atoms with Crippen LogP contribution in [-0.4, -0.2) is 78.7 Å². The van der Waals surface area contributed by atoms with Gasteiger partial charge in [0.1, 0.15) is 12.7 Å². The first kappa shape index (κ1) is 22.7. The predicted octanol–water partition coefficient (Wildman–Crippen LogP) is 1.49. The Hall–Kier alpha value is -3.44. The minimum Gasteiger partial charge on any atom is -0.493 e. The Bertz CT molecular complexity index is 1200. The smallest absolute Gasteiger partial charge is 0.253 e. The van der Waals surface area contributed by atoms with E-state index in [1.54, 1.807) is 34.1 Å². The van der Waals surface area contributed by atoms with Gasteiger partial charge in [-0.15, -0.1) is 0 Å². The van der Waals surface area contributed by atoms with Crippen LogP contribution in [0.1, 0.15) is 15.9 Å². The quantitative estimate of drug-likeness (QED) is 0.514. The lowest BCUT2D eigenvalue weighted by molar-refractivity contribution is 0.0698. The number of carbonyl (C=O) groups excluding carboxylic acids is 1. The monoisotopic (exact) mass is 471 g/mol. The molecule has 1 saturated heterocycles. The summed E-state index contributed by atoms with van der Waals surface area (Å²) in [6, 6.07) is 11.8. The van der Waals surface area contributed by atoms with Crippen LogP contribution in [0.4, 0.5) is 0 Å². The maximum Gasteiger partial charge on any atom is 0.253 e. The maximum absolute atomic E-state index is 13.1. The minimum absolute atomic E-state index is 0.120. The molecular formula is C22H25N5O5S. The third kappa shape index (κ3) is 4.83. The molecule has 3 aromatic rings. The van der Waals surface area contributed by atoms with Gasteiger partial charge in [-0.3, -0.25) is 4.79 Å². The van der Waals surface area contributed by atoms with Crippen LogP contribution in [0.5, 0.6) is 11.5 Å². The van der Waals surface area contributed by atoms with E-state index in [0.717, 1.165) is 5.56 Å². The van der Waals surface area contributed by atoms with Crippen LogP contribution in [0.15, 0.2) is 60.0 Å². The highest BCUT2D eigenvalue weighted by Gasteiger charge is 2.31. The number of hydrogen-bond donors (Lipinski definition) is 0. The number of piperazine rings is 1. The van der Waals surface area contributed by atoms with Gasteiger partial charge < -0.3 is 14.4 Å². The van der Waals surface area contributed by atoms with E-state index in [9.17, 15) is 13.2 Å². The van der Waals surface area contributed by atoms with Crippen LogP contribution in [0.3, 0.4) is 0 Å². The van der Waals surface area contributed by atoms with Crippen LogP contribution in [-0.2, 0) is 16.6 Å². The lowest BCUT2D eigenvalue weighted by atomic mass is 10.1. The number of nitrogens with zero attached hydrogens (tertiary/aromatic N) is 5. The third-order valence-electron chi connectivity index (χ3n) is 5.53. The number of methoxy groups -OCH3 is 2. The van der Waals surface area contributed by atoms with Gasteiger partial charge in [0, 0.05) is 37.8 Å². The maximum atomic E-state index is 13.1. The number of amides is 1. The van der Waals surface area contributed by atoms with Crippen molar-refractivity contribution in [3.8, 4) is 11.5 Å². The van der Waals surface area contributed by atoms with Crippen LogP contribution in [0.2, 0.25) is 0 Å². The summed E-state index contributed by atoms with van der Waals surface area (Å²) >= 11 is 0. The second kappa shape index (κ2) is 9.59. The molecule has 0 unspecified atom stereocenters. The fourth-order valence-corrected chi connectivity index (χ4v) is 5.13. The van der Waals surface area contributed by atoms with E-state index in [1.807, 2.05) is 12.1 Å². The van der Waals surface area contributed by atoms with Crippen LogP contribution in [0.25, 0.3) is 0 Å². The summed E-state index contributed by atoms with van der Waals surface area (Å²) in [7, 11) is -0.767. The summed E-state index contributed by atoms with van der Waals surface area (Å²) < 4.78 is 39.7. The summed E-state index contributed by atoms with van der Waals surface area (Å²) in [6.45, 7) is 1.62. The fourth-order valence-electron chi connectivity index (χ4n) is 3.69. The number of ether oxygens (including phenoxy) is 2. The van der Waals surface area contributed by atoms with Crippen molar-refractivity contribution in [1.29, 1.82) is 0 Å². The van der Waals surface area contributed by atoms with E-state index in [2.05, 4.69) is 10.1 Å². The second-order valence-corrected chi connectivity index (χ2v) is 9.44. The van der Waals surface area contributed by atoms with E-state index in [0.29, 0.717) is 36.7 Å². The van der Waals surface area contributed by atoms with Crippen LogP contribution >= 0.6 is 0 Å². The zero-order chi connectivity index (χ0) is 23.4. The number of carbonyl (C=O) groups is 1. The molecule has 0 atom stereocenters. The van der Waals surface area contributed by atoms with Crippen molar-refractivity contribution in [3.63, 3.8) is 0 Å². The molecule has 0 saturated carbocycles. The molecule has 4 rings (SSSR count). The first-order valence-electron chi connectivity index (χ1n) is 10.3. The molecule has 1 fully saturated rings. The van der Waals surface area contributed by atoms with Crippen LogP contribution < -0.4 is 9.47 Å². The van der Waals surface area contributed by atoms with Crippen molar-refractivity contribution in [2.24, 2.45) is 0 Å². The fraction of sp³-hybridized carbons (Fsp3) is 0.318. The Morgan fingerprint density at radius 3 is 2.27 bits per heavy atom. The molecule has 0 bridgehead atoms. The van der Waals surface area contributed by atoms with Crippen molar-refractivity contribution >= 4 is 15.9 Å². The van der Waals surface area contributed by atoms with Crippen molar-refractivity contribution in [1.82, 2.24) is 24.0 Å². The van der Waals surface area contributed by atoms with E-state index < -0.39 is 10.0 Å². The lowest BCUT2D eigenvalue weighted by Crippen LogP contribution is -2.50. The number of benzene rings is 2. The average molecular weight is 472 g/mol. The largest absolute Gasteiger partial charge is 0.493 e. The Kier molecular flexibility index (Phi) is 6.61. The highest BCUT2D eigenvalue weighted by molar-refractivity contribution is 7.89. The number of rotatable bonds is 7. The van der Waals surface area contributed by atoms with Crippen molar-refractivity contribution in [3.05, 3.63) is 66.2 Å². The average Bonchev–Trinajstić information content (AvgIpc) is 3.36. The number of sulfonamides is 1. The molecule has 1 aliphatic heterocycles. The third-order valence-corrected chi connectivity index (χ3v) is 7.43. The number of hydrogen-bond acceptors (Lipinski definition) is 7. The van der Waals surface area contributed by atoms with Gasteiger partial charge in [-0.25, -0.2) is 18.1 Å². The van der Waals surface area contributed by atoms with Gasteiger partial charge in [-0.1, -0.05) is 12.1 Å². The zero-order valence-corrected chi connectivity index (χ0v) is 19.2. The molecule has 2 aromatic carbocycles. The summed E-state index contributed by atoms with van der Waals surface area (Å²) in [5, 5.41) is 4.07. The van der Waals surface area contributed by atoms with Crippen molar-refractivity contribution in [2.75, 3.05) is 40.4 Å². The molecule has 1 aromatic heterocycles. The van der Waals surface area contributed by atoms with Gasteiger partial charge >= 0.3 is 0 Å². The number of aromatic nitrogens is 3. The Morgan fingerprint density at radius 2 is 1.67 bits per heavy atom. The van der Waals surface area contributed by atoms with Gasteiger partial charge in [0.15, 0.2) is 11.5 Å².